The van der Waals surface area contributed by atoms with Gasteiger partial charge in [0.1, 0.15) is 0 Å². The van der Waals surface area contributed by atoms with Gasteiger partial charge in [-0.25, -0.2) is 0 Å². The van der Waals surface area contributed by atoms with Crippen LogP contribution in [0, 0.1) is 22.7 Å². The molecule has 5 unspecified atom stereocenters. The fourth-order valence-electron chi connectivity index (χ4n) is 8.80. The summed E-state index contributed by atoms with van der Waals surface area (Å²) in [4.78, 5) is 15.3. The predicted molar refractivity (Wildman–Crippen MR) is 106 cm³/mol. The highest BCUT2D eigenvalue weighted by atomic mass is 16.1. The summed E-state index contributed by atoms with van der Waals surface area (Å²) in [7, 11) is 2.15. The maximum absolute atomic E-state index is 13.0. The summed E-state index contributed by atoms with van der Waals surface area (Å²) < 4.78 is 0. The Morgan fingerprint density at radius 3 is 2.81 bits per heavy atom. The molecule has 3 heteroatoms. The predicted octanol–water partition coefficient (Wildman–Crippen LogP) is 3.74. The van der Waals surface area contributed by atoms with Gasteiger partial charge in [-0.3, -0.25) is 4.79 Å². The van der Waals surface area contributed by atoms with Crippen molar-refractivity contribution >= 4 is 5.91 Å². The molecule has 1 aromatic carbocycles. The maximum Gasteiger partial charge on any atom is 0.220 e. The quantitative estimate of drug-likeness (QED) is 0.883. The molecular formula is C24H32N2O. The van der Waals surface area contributed by atoms with Crippen molar-refractivity contribution in [1.82, 2.24) is 10.2 Å². The third kappa shape index (κ3) is 2.15. The molecule has 1 aliphatic heterocycles. The van der Waals surface area contributed by atoms with Crippen LogP contribution in [0.15, 0.2) is 30.3 Å². The summed E-state index contributed by atoms with van der Waals surface area (Å²) in [6.45, 7) is 2.13. The summed E-state index contributed by atoms with van der Waals surface area (Å²) in [5, 5.41) is 3.38. The van der Waals surface area contributed by atoms with Crippen LogP contribution in [0.25, 0.3) is 0 Å². The second-order valence-electron chi connectivity index (χ2n) is 10.9. The van der Waals surface area contributed by atoms with E-state index in [4.69, 9.17) is 0 Å². The van der Waals surface area contributed by atoms with E-state index in [-0.39, 0.29) is 5.41 Å². The van der Waals surface area contributed by atoms with Crippen LogP contribution in [0.3, 0.4) is 0 Å². The summed E-state index contributed by atoms with van der Waals surface area (Å²) in [6.07, 6.45) is 10.0. The van der Waals surface area contributed by atoms with Crippen LogP contribution >= 0.6 is 0 Å². The average molecular weight is 365 g/mol. The molecule has 5 fully saturated rings. The molecule has 1 amide bonds. The first-order chi connectivity index (χ1) is 13.0. The van der Waals surface area contributed by atoms with E-state index < -0.39 is 0 Å². The van der Waals surface area contributed by atoms with Gasteiger partial charge < -0.3 is 10.2 Å². The molecule has 6 rings (SSSR count). The monoisotopic (exact) mass is 364 g/mol. The van der Waals surface area contributed by atoms with Gasteiger partial charge in [-0.1, -0.05) is 30.3 Å². The van der Waals surface area contributed by atoms with Gasteiger partial charge in [0.25, 0.3) is 0 Å². The Labute approximate surface area is 162 Å². The third-order valence-electron chi connectivity index (χ3n) is 9.31. The SMILES string of the molecule is CN1CC[C@@H](NC(=O)CC23CC4CC5CC(c6ccccc6)(C2)C5(C4)C3)C1. The fourth-order valence-corrected chi connectivity index (χ4v) is 8.80. The second-order valence-corrected chi connectivity index (χ2v) is 10.9. The van der Waals surface area contributed by atoms with E-state index in [1.54, 1.807) is 5.56 Å². The van der Waals surface area contributed by atoms with Crippen molar-refractivity contribution in [2.75, 3.05) is 20.1 Å². The first-order valence-corrected chi connectivity index (χ1v) is 11.1. The summed E-state index contributed by atoms with van der Waals surface area (Å²) in [5.74, 6) is 2.13. The molecule has 1 heterocycles. The number of nitrogens with zero attached hydrogens (tertiary/aromatic N) is 1. The molecule has 0 radical (unpaired) electrons. The number of benzene rings is 1. The molecule has 1 N–H and O–H groups in total. The topological polar surface area (TPSA) is 32.3 Å². The fraction of sp³-hybridized carbons (Fsp3) is 0.708. The molecule has 3 bridgehead atoms. The van der Waals surface area contributed by atoms with Crippen LogP contribution in [0.5, 0.6) is 0 Å². The number of carbonyl (C=O) groups excluding carboxylic acids is 1. The van der Waals surface area contributed by atoms with E-state index in [0.29, 0.717) is 22.8 Å². The summed E-state index contributed by atoms with van der Waals surface area (Å²) >= 11 is 0. The van der Waals surface area contributed by atoms with Crippen molar-refractivity contribution in [2.45, 2.75) is 62.8 Å². The summed E-state index contributed by atoms with van der Waals surface area (Å²) in [6, 6.07) is 11.7. The highest BCUT2D eigenvalue weighted by Gasteiger charge is 2.78. The van der Waals surface area contributed by atoms with E-state index >= 15 is 0 Å². The van der Waals surface area contributed by atoms with Crippen molar-refractivity contribution in [3.63, 3.8) is 0 Å². The van der Waals surface area contributed by atoms with E-state index in [0.717, 1.165) is 37.8 Å². The molecule has 3 nitrogen and oxygen atoms in total. The lowest BCUT2D eigenvalue weighted by molar-refractivity contribution is -0.124. The smallest absolute Gasteiger partial charge is 0.220 e. The molecular weight excluding hydrogens is 332 g/mol. The zero-order valence-corrected chi connectivity index (χ0v) is 16.5. The van der Waals surface area contributed by atoms with Gasteiger partial charge in [0, 0.05) is 24.4 Å². The Balaban J connectivity index is 1.28. The maximum atomic E-state index is 13.0. The highest BCUT2D eigenvalue weighted by molar-refractivity contribution is 5.77. The number of likely N-dealkylation sites (N-methyl/N-ethyl adjacent to an activating group) is 1. The number of carbonyl (C=O) groups is 1. The van der Waals surface area contributed by atoms with Crippen LogP contribution in [-0.2, 0) is 10.2 Å². The lowest BCUT2D eigenvalue weighted by Gasteiger charge is -2.59. The Morgan fingerprint density at radius 1 is 1.19 bits per heavy atom. The Hall–Kier alpha value is -1.35. The number of fused-ring (bicyclic) bond motifs is 2. The van der Waals surface area contributed by atoms with E-state index in [1.165, 1.54) is 38.5 Å². The van der Waals surface area contributed by atoms with Crippen molar-refractivity contribution in [1.29, 1.82) is 0 Å². The Kier molecular flexibility index (Phi) is 3.30. The van der Waals surface area contributed by atoms with Gasteiger partial charge in [-0.15, -0.1) is 0 Å². The molecule has 6 atom stereocenters. The molecule has 1 spiro atoms. The van der Waals surface area contributed by atoms with E-state index in [2.05, 4.69) is 47.6 Å². The van der Waals surface area contributed by atoms with Gasteiger partial charge in [-0.05, 0) is 86.8 Å². The van der Waals surface area contributed by atoms with Crippen LogP contribution in [0.1, 0.15) is 56.9 Å². The number of likely N-dealkylation sites (tertiary alicyclic amines) is 1. The number of hydrogen-bond donors (Lipinski definition) is 1. The van der Waals surface area contributed by atoms with E-state index in [1.807, 2.05) is 0 Å². The van der Waals surface area contributed by atoms with Gasteiger partial charge in [0.2, 0.25) is 5.91 Å². The van der Waals surface area contributed by atoms with Crippen LogP contribution in [-0.4, -0.2) is 37.0 Å². The molecule has 4 saturated carbocycles. The lowest BCUT2D eigenvalue weighted by Crippen LogP contribution is -2.55. The average Bonchev–Trinajstić information content (AvgIpc) is 3.17. The number of hydrogen-bond acceptors (Lipinski definition) is 2. The molecule has 5 aliphatic rings. The van der Waals surface area contributed by atoms with Gasteiger partial charge in [0.05, 0.1) is 0 Å². The molecule has 0 aromatic heterocycles. The van der Waals surface area contributed by atoms with Crippen LogP contribution in [0.2, 0.25) is 0 Å². The van der Waals surface area contributed by atoms with Gasteiger partial charge in [0.15, 0.2) is 0 Å². The minimum Gasteiger partial charge on any atom is -0.352 e. The normalized spacial score (nSPS) is 47.1. The van der Waals surface area contributed by atoms with Gasteiger partial charge >= 0.3 is 0 Å². The van der Waals surface area contributed by atoms with Crippen molar-refractivity contribution in [2.24, 2.45) is 22.7 Å². The number of rotatable bonds is 4. The summed E-state index contributed by atoms with van der Waals surface area (Å²) in [5.41, 5.74) is 2.73. The largest absolute Gasteiger partial charge is 0.352 e. The standard InChI is InChI=1S/C24H32N2O/c1-26-8-7-20(14-26)25-21(27)13-22-10-17-9-19-12-24(16-22,23(19,11-17)15-22)18-5-3-2-4-6-18/h2-6,17,19-20H,7-16H2,1H3,(H,25,27)/t17?,19?,20-,22?,23?,24?/m1/s1. The Bertz CT molecular complexity index is 778. The molecule has 4 aliphatic carbocycles. The van der Waals surface area contributed by atoms with Crippen molar-refractivity contribution < 1.29 is 4.79 Å². The Morgan fingerprint density at radius 2 is 2.04 bits per heavy atom. The lowest BCUT2D eigenvalue weighted by atomic mass is 9.44. The number of amides is 1. The number of nitrogens with one attached hydrogen (secondary N) is 1. The molecule has 144 valence electrons. The highest BCUT2D eigenvalue weighted by Crippen LogP contribution is 2.84. The van der Waals surface area contributed by atoms with Crippen molar-refractivity contribution in [3.05, 3.63) is 35.9 Å². The van der Waals surface area contributed by atoms with Gasteiger partial charge in [-0.2, -0.15) is 0 Å². The second kappa shape index (κ2) is 5.37. The van der Waals surface area contributed by atoms with E-state index in [9.17, 15) is 4.79 Å². The van der Waals surface area contributed by atoms with Crippen LogP contribution < -0.4 is 5.32 Å². The van der Waals surface area contributed by atoms with Crippen molar-refractivity contribution in [3.8, 4) is 0 Å². The van der Waals surface area contributed by atoms with Crippen LogP contribution in [0.4, 0.5) is 0 Å². The first-order valence-electron chi connectivity index (χ1n) is 11.1. The zero-order valence-electron chi connectivity index (χ0n) is 16.5. The molecule has 1 saturated heterocycles. The molecule has 27 heavy (non-hydrogen) atoms. The third-order valence-corrected chi connectivity index (χ3v) is 9.31. The minimum absolute atomic E-state index is 0.262. The minimum atomic E-state index is 0.262. The zero-order chi connectivity index (χ0) is 18.3. The molecule has 1 aromatic rings. The first kappa shape index (κ1) is 16.6.